The van der Waals surface area contributed by atoms with E-state index in [1.807, 2.05) is 11.8 Å². The molecule has 0 amide bonds. The second-order valence-electron chi connectivity index (χ2n) is 4.57. The van der Waals surface area contributed by atoms with Crippen LogP contribution in [-0.2, 0) is 0 Å². The molecule has 1 rings (SSSR count). The van der Waals surface area contributed by atoms with Gasteiger partial charge in [0.15, 0.2) is 5.78 Å². The molecule has 1 aromatic rings. The van der Waals surface area contributed by atoms with Crippen molar-refractivity contribution in [1.82, 2.24) is 4.90 Å². The molecule has 1 atom stereocenters. The zero-order valence-corrected chi connectivity index (χ0v) is 11.0. The van der Waals surface area contributed by atoms with Crippen LogP contribution >= 0.6 is 0 Å². The van der Waals surface area contributed by atoms with Crippen molar-refractivity contribution in [3.05, 3.63) is 35.4 Å². The van der Waals surface area contributed by atoms with E-state index in [2.05, 4.69) is 6.92 Å². The topological polar surface area (TPSA) is 20.3 Å². The highest BCUT2D eigenvalue weighted by Crippen LogP contribution is 2.14. The van der Waals surface area contributed by atoms with Crippen LogP contribution in [0.3, 0.4) is 0 Å². The lowest BCUT2D eigenvalue weighted by atomic mass is 10.1. The second kappa shape index (κ2) is 6.59. The maximum absolute atomic E-state index is 13.4. The first-order chi connectivity index (χ1) is 8.47. The average molecular weight is 255 g/mol. The third kappa shape index (κ3) is 3.60. The summed E-state index contributed by atoms with van der Waals surface area (Å²) in [5.74, 6) is -2.11. The van der Waals surface area contributed by atoms with Crippen LogP contribution in [0.25, 0.3) is 0 Å². The van der Waals surface area contributed by atoms with E-state index >= 15 is 0 Å². The van der Waals surface area contributed by atoms with Gasteiger partial charge in [-0.2, -0.15) is 0 Å². The van der Waals surface area contributed by atoms with E-state index in [0.717, 1.165) is 25.0 Å². The fraction of sp³-hybridized carbons (Fsp3) is 0.500. The third-order valence-electron chi connectivity index (χ3n) is 3.09. The molecule has 2 nitrogen and oxygen atoms in total. The molecule has 0 aliphatic rings. The minimum Gasteiger partial charge on any atom is -0.296 e. The number of rotatable bonds is 6. The zero-order chi connectivity index (χ0) is 13.7. The van der Waals surface area contributed by atoms with Crippen LogP contribution in [0, 0.1) is 11.6 Å². The van der Waals surface area contributed by atoms with Gasteiger partial charge in [-0.25, -0.2) is 8.78 Å². The minimum absolute atomic E-state index is 0.0268. The molecular weight excluding hydrogens is 236 g/mol. The van der Waals surface area contributed by atoms with Gasteiger partial charge in [-0.15, -0.1) is 0 Å². The Bertz CT molecular complexity index is 400. The summed E-state index contributed by atoms with van der Waals surface area (Å²) in [6, 6.07) is 3.68. The molecule has 100 valence electrons. The molecule has 0 aromatic heterocycles. The second-order valence-corrected chi connectivity index (χ2v) is 4.57. The number of Topliss-reactive ketones (excluding diaryl/α,β-unsaturated/α-hetero) is 1. The number of carbonyl (C=O) groups excluding carboxylic acids is 1. The zero-order valence-electron chi connectivity index (χ0n) is 11.0. The molecule has 0 aliphatic carbocycles. The highest BCUT2D eigenvalue weighted by atomic mass is 19.1. The van der Waals surface area contributed by atoms with Crippen molar-refractivity contribution in [1.29, 1.82) is 0 Å². The molecule has 0 spiro atoms. The molecule has 0 saturated heterocycles. The Morgan fingerprint density at radius 3 is 2.39 bits per heavy atom. The number of ketones is 1. The van der Waals surface area contributed by atoms with Crippen LogP contribution in [0.4, 0.5) is 8.78 Å². The summed E-state index contributed by atoms with van der Waals surface area (Å²) in [7, 11) is 1.79. The average Bonchev–Trinajstić information content (AvgIpc) is 2.28. The maximum Gasteiger partial charge on any atom is 0.182 e. The van der Waals surface area contributed by atoms with Gasteiger partial charge in [-0.1, -0.05) is 19.4 Å². The van der Waals surface area contributed by atoms with E-state index in [-0.39, 0.29) is 12.6 Å². The number of nitrogens with zero attached hydrogens (tertiary/aromatic N) is 1. The number of likely N-dealkylation sites (N-methyl/N-ethyl adjacent to an activating group) is 1. The molecule has 0 fully saturated rings. The predicted octanol–water partition coefficient (Wildman–Crippen LogP) is 3.27. The summed E-state index contributed by atoms with van der Waals surface area (Å²) in [5, 5.41) is 0. The van der Waals surface area contributed by atoms with E-state index < -0.39 is 23.0 Å². The van der Waals surface area contributed by atoms with Crippen molar-refractivity contribution < 1.29 is 13.6 Å². The van der Waals surface area contributed by atoms with Crippen LogP contribution in [0.15, 0.2) is 18.2 Å². The van der Waals surface area contributed by atoms with Gasteiger partial charge in [0.25, 0.3) is 0 Å². The summed E-state index contributed by atoms with van der Waals surface area (Å²) in [4.78, 5) is 13.7. The van der Waals surface area contributed by atoms with Gasteiger partial charge < -0.3 is 0 Å². The molecule has 1 unspecified atom stereocenters. The van der Waals surface area contributed by atoms with Gasteiger partial charge in [-0.05, 0) is 32.5 Å². The number of hydrogen-bond donors (Lipinski definition) is 0. The Morgan fingerprint density at radius 1 is 1.33 bits per heavy atom. The Morgan fingerprint density at radius 2 is 1.89 bits per heavy atom. The van der Waals surface area contributed by atoms with E-state index in [1.165, 1.54) is 6.07 Å². The number of benzene rings is 1. The van der Waals surface area contributed by atoms with E-state index in [4.69, 9.17) is 0 Å². The SMILES string of the molecule is CCCC(C)N(C)CC(=O)c1c(F)cccc1F. The van der Waals surface area contributed by atoms with Crippen molar-refractivity contribution in [3.63, 3.8) is 0 Å². The minimum atomic E-state index is -0.795. The van der Waals surface area contributed by atoms with E-state index in [0.29, 0.717) is 0 Å². The number of carbonyl (C=O) groups is 1. The summed E-state index contributed by atoms with van der Waals surface area (Å²) >= 11 is 0. The highest BCUT2D eigenvalue weighted by molar-refractivity contribution is 5.98. The fourth-order valence-corrected chi connectivity index (χ4v) is 1.86. The van der Waals surface area contributed by atoms with Gasteiger partial charge in [0.1, 0.15) is 11.6 Å². The summed E-state index contributed by atoms with van der Waals surface area (Å²) in [6.07, 6.45) is 1.96. The lowest BCUT2D eigenvalue weighted by molar-refractivity contribution is 0.0913. The smallest absolute Gasteiger partial charge is 0.182 e. The number of halogens is 2. The Hall–Kier alpha value is -1.29. The molecular formula is C14H19F2NO. The lowest BCUT2D eigenvalue weighted by Crippen LogP contribution is -2.34. The van der Waals surface area contributed by atoms with Crippen molar-refractivity contribution in [2.24, 2.45) is 0 Å². The fourth-order valence-electron chi connectivity index (χ4n) is 1.86. The lowest BCUT2D eigenvalue weighted by Gasteiger charge is -2.23. The Labute approximate surface area is 107 Å². The molecule has 0 heterocycles. The van der Waals surface area contributed by atoms with Crippen molar-refractivity contribution in [2.45, 2.75) is 32.7 Å². The molecule has 1 aromatic carbocycles. The van der Waals surface area contributed by atoms with Crippen molar-refractivity contribution in [3.8, 4) is 0 Å². The molecule has 4 heteroatoms. The van der Waals surface area contributed by atoms with Gasteiger partial charge in [0.2, 0.25) is 0 Å². The van der Waals surface area contributed by atoms with Gasteiger partial charge in [-0.3, -0.25) is 9.69 Å². The third-order valence-corrected chi connectivity index (χ3v) is 3.09. The van der Waals surface area contributed by atoms with Gasteiger partial charge in [0.05, 0.1) is 12.1 Å². The largest absolute Gasteiger partial charge is 0.296 e. The first-order valence-electron chi connectivity index (χ1n) is 6.14. The van der Waals surface area contributed by atoms with Crippen LogP contribution in [0.2, 0.25) is 0 Å². The van der Waals surface area contributed by atoms with Gasteiger partial charge in [0, 0.05) is 6.04 Å². The molecule has 0 saturated carbocycles. The molecule has 18 heavy (non-hydrogen) atoms. The predicted molar refractivity (Wildman–Crippen MR) is 67.7 cm³/mol. The van der Waals surface area contributed by atoms with E-state index in [1.54, 1.807) is 7.05 Å². The van der Waals surface area contributed by atoms with Crippen molar-refractivity contribution >= 4 is 5.78 Å². The van der Waals surface area contributed by atoms with Crippen LogP contribution in [0.1, 0.15) is 37.0 Å². The molecule has 0 radical (unpaired) electrons. The van der Waals surface area contributed by atoms with Crippen LogP contribution in [-0.4, -0.2) is 30.3 Å². The first-order valence-corrected chi connectivity index (χ1v) is 6.14. The molecule has 0 aliphatic heterocycles. The van der Waals surface area contributed by atoms with Crippen LogP contribution < -0.4 is 0 Å². The quantitative estimate of drug-likeness (QED) is 0.727. The standard InChI is InChI=1S/C14H19F2NO/c1-4-6-10(2)17(3)9-13(18)14-11(15)7-5-8-12(14)16/h5,7-8,10H,4,6,9H2,1-3H3. The summed E-state index contributed by atoms with van der Waals surface area (Å²) < 4.78 is 26.8. The van der Waals surface area contributed by atoms with E-state index in [9.17, 15) is 13.6 Å². The van der Waals surface area contributed by atoms with Crippen LogP contribution in [0.5, 0.6) is 0 Å². The molecule has 0 N–H and O–H groups in total. The normalized spacial score (nSPS) is 12.8. The Kier molecular flexibility index (Phi) is 5.41. The maximum atomic E-state index is 13.4. The van der Waals surface area contributed by atoms with Crippen molar-refractivity contribution in [2.75, 3.05) is 13.6 Å². The monoisotopic (exact) mass is 255 g/mol. The highest BCUT2D eigenvalue weighted by Gasteiger charge is 2.20. The van der Waals surface area contributed by atoms with Gasteiger partial charge >= 0.3 is 0 Å². The number of hydrogen-bond acceptors (Lipinski definition) is 2. The summed E-state index contributed by atoms with van der Waals surface area (Å²) in [6.45, 7) is 4.08. The first kappa shape index (κ1) is 14.8. The summed E-state index contributed by atoms with van der Waals surface area (Å²) in [5.41, 5.74) is -0.437. The molecule has 0 bridgehead atoms. The Balaban J connectivity index is 2.77.